The predicted molar refractivity (Wildman–Crippen MR) is 180 cm³/mol. The summed E-state index contributed by atoms with van der Waals surface area (Å²) in [7, 11) is 0. The van der Waals surface area contributed by atoms with Crippen LogP contribution in [0.25, 0.3) is 17.4 Å². The highest BCUT2D eigenvalue weighted by Gasteiger charge is 2.32. The van der Waals surface area contributed by atoms with Crippen LogP contribution in [-0.4, -0.2) is 22.5 Å². The molecule has 3 heterocycles. The first kappa shape index (κ1) is 31.0. The lowest BCUT2D eigenvalue weighted by Gasteiger charge is -2.25. The second kappa shape index (κ2) is 12.8. The highest BCUT2D eigenvalue weighted by atomic mass is 35.5. The van der Waals surface area contributed by atoms with Gasteiger partial charge in [0.15, 0.2) is 4.80 Å². The number of allylic oxidation sites excluding steroid dienone is 1. The molecule has 8 nitrogen and oxygen atoms in total. The van der Waals surface area contributed by atoms with Gasteiger partial charge in [-0.25, -0.2) is 9.79 Å². The number of anilines is 1. The number of nitrogens with zero attached hydrogens (tertiary/aromatic N) is 2. The van der Waals surface area contributed by atoms with Crippen molar-refractivity contribution in [3.8, 4) is 11.3 Å². The lowest BCUT2D eigenvalue weighted by molar-refractivity contribution is -0.113. The van der Waals surface area contributed by atoms with Crippen LogP contribution in [0.4, 0.5) is 5.69 Å². The quantitative estimate of drug-likeness (QED) is 0.198. The van der Waals surface area contributed by atoms with Crippen molar-refractivity contribution in [1.29, 1.82) is 0 Å². The van der Waals surface area contributed by atoms with Crippen molar-refractivity contribution < 1.29 is 18.7 Å². The fourth-order valence-corrected chi connectivity index (χ4v) is 6.50. The number of aromatic nitrogens is 1. The van der Waals surface area contributed by atoms with E-state index in [9.17, 15) is 14.4 Å². The van der Waals surface area contributed by atoms with Gasteiger partial charge >= 0.3 is 5.97 Å². The number of benzene rings is 3. The molecule has 0 saturated heterocycles. The summed E-state index contributed by atoms with van der Waals surface area (Å²) in [6.07, 6.45) is 1.47. The number of amides is 1. The van der Waals surface area contributed by atoms with Gasteiger partial charge in [-0.3, -0.25) is 14.2 Å². The van der Waals surface area contributed by atoms with Crippen LogP contribution >= 0.6 is 22.9 Å². The van der Waals surface area contributed by atoms with Crippen molar-refractivity contribution in [2.45, 2.75) is 39.8 Å². The Morgan fingerprint density at radius 1 is 1.02 bits per heavy atom. The van der Waals surface area contributed by atoms with Gasteiger partial charge in [-0.1, -0.05) is 59.3 Å². The smallest absolute Gasteiger partial charge is 0.338 e. The van der Waals surface area contributed by atoms with Gasteiger partial charge in [0.2, 0.25) is 0 Å². The van der Waals surface area contributed by atoms with E-state index in [1.165, 1.54) is 11.3 Å². The standard InChI is InChI=1S/C36H30ClN3O5S/c1-20(2)44-35(43)24-12-16-28(21(3)18-24)29-17-15-27(45-29)19-30-34(42)40-32(23-10-13-25(37)14-11-23)31(22(4)38-36(40)46-30)33(41)39-26-8-6-5-7-9-26/h5-20,32H,1-4H3,(H,39,41)/b30-19+/t32-/m1/s1. The normalized spacial score (nSPS) is 14.7. The number of para-hydroxylation sites is 1. The number of nitrogens with one attached hydrogen (secondary N) is 1. The molecule has 6 rings (SSSR count). The minimum absolute atomic E-state index is 0.213. The van der Waals surface area contributed by atoms with Crippen LogP contribution in [0.5, 0.6) is 0 Å². The Bertz CT molecular complexity index is 2180. The zero-order valence-electron chi connectivity index (χ0n) is 25.5. The molecule has 0 fully saturated rings. The van der Waals surface area contributed by atoms with Crippen molar-refractivity contribution in [3.63, 3.8) is 0 Å². The second-order valence-electron chi connectivity index (χ2n) is 11.1. The van der Waals surface area contributed by atoms with Gasteiger partial charge in [0.1, 0.15) is 11.5 Å². The van der Waals surface area contributed by atoms with Crippen molar-refractivity contribution >= 4 is 46.6 Å². The predicted octanol–water partition coefficient (Wildman–Crippen LogP) is 6.66. The van der Waals surface area contributed by atoms with E-state index < -0.39 is 6.04 Å². The molecule has 0 bridgehead atoms. The summed E-state index contributed by atoms with van der Waals surface area (Å²) in [6.45, 7) is 7.28. The minimum atomic E-state index is -0.727. The van der Waals surface area contributed by atoms with Gasteiger partial charge < -0.3 is 14.5 Å². The molecule has 1 atom stereocenters. The van der Waals surface area contributed by atoms with E-state index in [4.69, 9.17) is 25.7 Å². The summed E-state index contributed by atoms with van der Waals surface area (Å²) in [6, 6.07) is 24.4. The van der Waals surface area contributed by atoms with Gasteiger partial charge in [-0.2, -0.15) is 0 Å². The third-order valence-electron chi connectivity index (χ3n) is 7.45. The number of carbonyl (C=O) groups excluding carboxylic acids is 2. The van der Waals surface area contributed by atoms with Gasteiger partial charge in [0.05, 0.1) is 33.5 Å². The van der Waals surface area contributed by atoms with Gasteiger partial charge in [0, 0.05) is 22.3 Å². The molecule has 46 heavy (non-hydrogen) atoms. The van der Waals surface area contributed by atoms with Crippen LogP contribution in [0, 0.1) is 6.92 Å². The molecule has 2 aromatic heterocycles. The molecule has 5 aromatic rings. The number of esters is 1. The Labute approximate surface area is 273 Å². The number of carbonyl (C=O) groups is 2. The number of rotatable bonds is 7. The Morgan fingerprint density at radius 3 is 2.46 bits per heavy atom. The van der Waals surface area contributed by atoms with E-state index in [0.29, 0.717) is 48.4 Å². The Hall–Kier alpha value is -4.99. The molecule has 0 spiro atoms. The Kier molecular flexibility index (Phi) is 8.62. The lowest BCUT2D eigenvalue weighted by atomic mass is 9.95. The lowest BCUT2D eigenvalue weighted by Crippen LogP contribution is -2.40. The van der Waals surface area contributed by atoms with Gasteiger partial charge in [-0.05, 0) is 87.4 Å². The number of hydrogen-bond donors (Lipinski definition) is 1. The number of fused-ring (bicyclic) bond motifs is 1. The highest BCUT2D eigenvalue weighted by molar-refractivity contribution is 7.07. The van der Waals surface area contributed by atoms with Gasteiger partial charge in [-0.15, -0.1) is 0 Å². The minimum Gasteiger partial charge on any atom is -0.459 e. The maximum absolute atomic E-state index is 14.0. The van der Waals surface area contributed by atoms with E-state index in [1.807, 2.05) is 49.4 Å². The SMILES string of the molecule is CC1=C(C(=O)Nc2ccccc2)[C@@H](c2ccc(Cl)cc2)n2c(s/c(=C/c3ccc(-c4ccc(C(=O)OC(C)C)cc4C)o3)c2=O)=N1. The third-order valence-corrected chi connectivity index (χ3v) is 8.69. The van der Waals surface area contributed by atoms with Crippen molar-refractivity contribution in [2.75, 3.05) is 5.32 Å². The topological polar surface area (TPSA) is 103 Å². The van der Waals surface area contributed by atoms with Crippen LogP contribution in [0.1, 0.15) is 54.1 Å². The fraction of sp³-hybridized carbons (Fsp3) is 0.167. The molecular formula is C36H30ClN3O5S. The molecule has 232 valence electrons. The number of thiazole rings is 1. The third kappa shape index (κ3) is 6.24. The Balaban J connectivity index is 1.38. The monoisotopic (exact) mass is 651 g/mol. The Morgan fingerprint density at radius 2 is 1.76 bits per heavy atom. The number of halogens is 1. The summed E-state index contributed by atoms with van der Waals surface area (Å²) in [5, 5.41) is 3.49. The summed E-state index contributed by atoms with van der Waals surface area (Å²) >= 11 is 7.42. The maximum atomic E-state index is 14.0. The summed E-state index contributed by atoms with van der Waals surface area (Å²) in [5.41, 5.74) is 4.05. The first-order valence-corrected chi connectivity index (χ1v) is 15.8. The van der Waals surface area contributed by atoms with Crippen LogP contribution in [0.2, 0.25) is 5.02 Å². The molecular weight excluding hydrogens is 622 g/mol. The van der Waals surface area contributed by atoms with Crippen molar-refractivity contribution in [3.05, 3.63) is 143 Å². The molecule has 1 aliphatic heterocycles. The zero-order valence-corrected chi connectivity index (χ0v) is 27.1. The molecule has 1 amide bonds. The fourth-order valence-electron chi connectivity index (χ4n) is 5.35. The molecule has 0 aliphatic carbocycles. The molecule has 1 N–H and O–H groups in total. The first-order valence-electron chi connectivity index (χ1n) is 14.7. The zero-order chi connectivity index (χ0) is 32.5. The maximum Gasteiger partial charge on any atom is 0.338 e. The first-order chi connectivity index (χ1) is 22.1. The number of furan rings is 1. The van der Waals surface area contributed by atoms with Crippen LogP contribution in [-0.2, 0) is 9.53 Å². The van der Waals surface area contributed by atoms with E-state index in [0.717, 1.165) is 16.7 Å². The largest absolute Gasteiger partial charge is 0.459 e. The average molecular weight is 652 g/mol. The van der Waals surface area contributed by atoms with E-state index in [-0.39, 0.29) is 23.5 Å². The number of aryl methyl sites for hydroxylation is 1. The van der Waals surface area contributed by atoms with Crippen LogP contribution in [0.15, 0.2) is 110 Å². The number of ether oxygens (including phenoxy) is 1. The molecule has 0 saturated carbocycles. The highest BCUT2D eigenvalue weighted by Crippen LogP contribution is 2.32. The van der Waals surface area contributed by atoms with Crippen molar-refractivity contribution in [2.24, 2.45) is 4.99 Å². The molecule has 0 radical (unpaired) electrons. The average Bonchev–Trinajstić information content (AvgIpc) is 3.60. The molecule has 10 heteroatoms. The van der Waals surface area contributed by atoms with Crippen molar-refractivity contribution in [1.82, 2.24) is 4.57 Å². The van der Waals surface area contributed by atoms with Gasteiger partial charge in [0.25, 0.3) is 11.5 Å². The molecule has 0 unspecified atom stereocenters. The van der Waals surface area contributed by atoms with Crippen LogP contribution in [0.3, 0.4) is 0 Å². The second-order valence-corrected chi connectivity index (χ2v) is 12.6. The number of hydrogen-bond acceptors (Lipinski definition) is 7. The molecule has 1 aliphatic rings. The van der Waals surface area contributed by atoms with E-state index in [1.54, 1.807) is 73.9 Å². The van der Waals surface area contributed by atoms with E-state index in [2.05, 4.69) is 5.32 Å². The van der Waals surface area contributed by atoms with Crippen LogP contribution < -0.4 is 20.2 Å². The van der Waals surface area contributed by atoms with E-state index >= 15 is 0 Å². The summed E-state index contributed by atoms with van der Waals surface area (Å²) in [4.78, 5) is 45.2. The summed E-state index contributed by atoms with van der Waals surface area (Å²) < 4.78 is 13.4. The summed E-state index contributed by atoms with van der Waals surface area (Å²) in [5.74, 6) is 0.336. The molecule has 3 aromatic carbocycles.